The summed E-state index contributed by atoms with van der Waals surface area (Å²) in [7, 11) is 0. The molecule has 2 aromatic rings. The fourth-order valence-corrected chi connectivity index (χ4v) is 2.45. The molecule has 2 rings (SSSR count). The maximum Gasteiger partial charge on any atom is 1.00 e. The van der Waals surface area contributed by atoms with Crippen LogP contribution < -0.4 is 44.7 Å². The number of amides is 1. The summed E-state index contributed by atoms with van der Waals surface area (Å²) in [6.07, 6.45) is 0. The van der Waals surface area contributed by atoms with Gasteiger partial charge in [0.2, 0.25) is 0 Å². The number of aromatic carboxylic acids is 1. The fraction of sp³-hybridized carbons (Fsp3) is 0.300. The fourth-order valence-electron chi connectivity index (χ4n) is 2.45. The number of ether oxygens (including phenoxy) is 1. The van der Waals surface area contributed by atoms with Crippen molar-refractivity contribution >= 4 is 11.9 Å². The minimum Gasteiger partial charge on any atom is -0.545 e. The molecular formula is C20H22NNaO4. The summed E-state index contributed by atoms with van der Waals surface area (Å²) < 4.78 is 5.50. The first kappa shape index (κ1) is 22.2. The third-order valence-electron chi connectivity index (χ3n) is 3.73. The summed E-state index contributed by atoms with van der Waals surface area (Å²) in [5.41, 5.74) is 1.63. The number of nitrogens with one attached hydrogen (secondary N) is 1. The maximum absolute atomic E-state index is 12.4. The molecule has 0 aromatic heterocycles. The van der Waals surface area contributed by atoms with E-state index in [-0.39, 0.29) is 53.0 Å². The van der Waals surface area contributed by atoms with Crippen LogP contribution in [0, 0.1) is 0 Å². The van der Waals surface area contributed by atoms with Crippen molar-refractivity contribution in [2.75, 3.05) is 13.2 Å². The summed E-state index contributed by atoms with van der Waals surface area (Å²) in [6.45, 7) is 6.84. The normalized spacial score (nSPS) is 10.6. The van der Waals surface area contributed by atoms with E-state index in [4.69, 9.17) is 4.74 Å². The number of benzene rings is 2. The van der Waals surface area contributed by atoms with E-state index in [9.17, 15) is 14.7 Å². The van der Waals surface area contributed by atoms with Crippen LogP contribution in [-0.4, -0.2) is 25.0 Å². The Kier molecular flexibility index (Phi) is 8.34. The predicted molar refractivity (Wildman–Crippen MR) is 93.7 cm³/mol. The van der Waals surface area contributed by atoms with Crippen LogP contribution in [0.5, 0.6) is 5.75 Å². The zero-order chi connectivity index (χ0) is 18.4. The van der Waals surface area contributed by atoms with Crippen molar-refractivity contribution < 1.29 is 49.0 Å². The van der Waals surface area contributed by atoms with Crippen molar-refractivity contribution in [1.82, 2.24) is 5.32 Å². The average Bonchev–Trinajstić information content (AvgIpc) is 2.58. The van der Waals surface area contributed by atoms with Crippen LogP contribution in [0.1, 0.15) is 47.1 Å². The molecule has 0 heterocycles. The number of hydrogen-bond acceptors (Lipinski definition) is 4. The first-order valence-corrected chi connectivity index (χ1v) is 8.11. The van der Waals surface area contributed by atoms with Crippen LogP contribution in [-0.2, 0) is 5.41 Å². The summed E-state index contributed by atoms with van der Waals surface area (Å²) in [6, 6.07) is 13.5. The first-order valence-electron chi connectivity index (χ1n) is 8.11. The third kappa shape index (κ3) is 6.16. The maximum atomic E-state index is 12.4. The Bertz CT molecular complexity index is 751. The molecule has 132 valence electrons. The van der Waals surface area contributed by atoms with Gasteiger partial charge in [-0.3, -0.25) is 4.79 Å². The van der Waals surface area contributed by atoms with Crippen LogP contribution in [0.2, 0.25) is 0 Å². The second-order valence-corrected chi connectivity index (χ2v) is 6.71. The van der Waals surface area contributed by atoms with Crippen LogP contribution in [0.25, 0.3) is 0 Å². The SMILES string of the molecule is CC(C)(C)c1ccccc1C(=O)NCCOc1ccc(C(=O)[O-])cc1.[Na+]. The van der Waals surface area contributed by atoms with Crippen molar-refractivity contribution in [2.24, 2.45) is 0 Å². The molecule has 6 heteroatoms. The van der Waals surface area contributed by atoms with E-state index in [1.54, 1.807) is 12.1 Å². The van der Waals surface area contributed by atoms with Gasteiger partial charge in [-0.15, -0.1) is 0 Å². The quantitative estimate of drug-likeness (QED) is 0.536. The van der Waals surface area contributed by atoms with Gasteiger partial charge in [0, 0.05) is 5.56 Å². The van der Waals surface area contributed by atoms with Gasteiger partial charge >= 0.3 is 29.6 Å². The van der Waals surface area contributed by atoms with Gasteiger partial charge in [0.15, 0.2) is 0 Å². The minimum absolute atomic E-state index is 0. The molecule has 0 aliphatic rings. The van der Waals surface area contributed by atoms with Gasteiger partial charge in [0.25, 0.3) is 5.91 Å². The molecule has 0 saturated heterocycles. The van der Waals surface area contributed by atoms with Gasteiger partial charge < -0.3 is 20.0 Å². The van der Waals surface area contributed by atoms with Crippen LogP contribution >= 0.6 is 0 Å². The number of carboxylic acids is 1. The Labute approximate surface area is 176 Å². The van der Waals surface area contributed by atoms with Gasteiger partial charge in [-0.2, -0.15) is 0 Å². The van der Waals surface area contributed by atoms with Crippen LogP contribution in [0.15, 0.2) is 48.5 Å². The molecule has 0 atom stereocenters. The van der Waals surface area contributed by atoms with Gasteiger partial charge in [0.05, 0.1) is 12.5 Å². The molecule has 0 saturated carbocycles. The number of carboxylic acid groups (broad SMARTS) is 1. The largest absolute Gasteiger partial charge is 1.00 e. The molecule has 0 unspecified atom stereocenters. The molecule has 0 fully saturated rings. The van der Waals surface area contributed by atoms with E-state index in [1.165, 1.54) is 12.1 Å². The topological polar surface area (TPSA) is 78.5 Å². The second-order valence-electron chi connectivity index (χ2n) is 6.71. The number of carbonyl (C=O) groups is 2. The Morgan fingerprint density at radius 3 is 2.23 bits per heavy atom. The van der Waals surface area contributed by atoms with Gasteiger partial charge in [-0.1, -0.05) is 39.0 Å². The molecule has 0 aliphatic heterocycles. The smallest absolute Gasteiger partial charge is 0.545 e. The van der Waals surface area contributed by atoms with Crippen molar-refractivity contribution in [2.45, 2.75) is 26.2 Å². The van der Waals surface area contributed by atoms with Crippen molar-refractivity contribution in [1.29, 1.82) is 0 Å². The molecule has 26 heavy (non-hydrogen) atoms. The van der Waals surface area contributed by atoms with E-state index in [2.05, 4.69) is 26.1 Å². The summed E-state index contributed by atoms with van der Waals surface area (Å²) in [4.78, 5) is 23.1. The number of carbonyl (C=O) groups excluding carboxylic acids is 2. The van der Waals surface area contributed by atoms with E-state index in [0.29, 0.717) is 17.9 Å². The zero-order valence-corrected chi connectivity index (χ0v) is 17.7. The second kappa shape index (κ2) is 9.76. The Balaban J connectivity index is 0.00000338. The molecule has 1 N–H and O–H groups in total. The Morgan fingerprint density at radius 2 is 1.65 bits per heavy atom. The van der Waals surface area contributed by atoms with E-state index in [0.717, 1.165) is 5.56 Å². The average molecular weight is 363 g/mol. The van der Waals surface area contributed by atoms with E-state index < -0.39 is 5.97 Å². The Hall–Kier alpha value is -1.82. The van der Waals surface area contributed by atoms with Crippen LogP contribution in [0.3, 0.4) is 0 Å². The predicted octanol–water partition coefficient (Wildman–Crippen LogP) is -0.840. The molecular weight excluding hydrogens is 341 g/mol. The van der Waals surface area contributed by atoms with Crippen molar-refractivity contribution in [3.8, 4) is 5.75 Å². The molecule has 2 aromatic carbocycles. The molecule has 0 bridgehead atoms. The molecule has 0 spiro atoms. The number of hydrogen-bond donors (Lipinski definition) is 1. The monoisotopic (exact) mass is 363 g/mol. The molecule has 0 radical (unpaired) electrons. The van der Waals surface area contributed by atoms with Gasteiger partial charge in [0.1, 0.15) is 12.4 Å². The van der Waals surface area contributed by atoms with E-state index >= 15 is 0 Å². The first-order chi connectivity index (χ1) is 11.8. The molecule has 0 aliphatic carbocycles. The van der Waals surface area contributed by atoms with Gasteiger partial charge in [-0.05, 0) is 46.9 Å². The summed E-state index contributed by atoms with van der Waals surface area (Å²) in [5.74, 6) is -0.827. The summed E-state index contributed by atoms with van der Waals surface area (Å²) in [5, 5.41) is 13.5. The van der Waals surface area contributed by atoms with E-state index in [1.807, 2.05) is 24.3 Å². The van der Waals surface area contributed by atoms with Crippen molar-refractivity contribution in [3.63, 3.8) is 0 Å². The van der Waals surface area contributed by atoms with Crippen molar-refractivity contribution in [3.05, 3.63) is 65.2 Å². The number of rotatable bonds is 6. The van der Waals surface area contributed by atoms with Gasteiger partial charge in [-0.25, -0.2) is 0 Å². The standard InChI is InChI=1S/C20H23NO4.Na/c1-20(2,3)17-7-5-4-6-16(17)18(22)21-12-13-25-15-10-8-14(9-11-15)19(23)24;/h4-11H,12-13H2,1-3H3,(H,21,22)(H,23,24);/q;+1/p-1. The zero-order valence-electron chi connectivity index (χ0n) is 15.7. The molecule has 5 nitrogen and oxygen atoms in total. The summed E-state index contributed by atoms with van der Waals surface area (Å²) >= 11 is 0. The molecule has 1 amide bonds. The third-order valence-corrected chi connectivity index (χ3v) is 3.73. The Morgan fingerprint density at radius 1 is 1.04 bits per heavy atom. The van der Waals surface area contributed by atoms with Crippen LogP contribution in [0.4, 0.5) is 0 Å². The minimum atomic E-state index is -1.23.